The van der Waals surface area contributed by atoms with Gasteiger partial charge in [0.2, 0.25) is 5.43 Å². The minimum Gasteiger partial charge on any atom is -0.352 e. The Bertz CT molecular complexity index is 1030. The van der Waals surface area contributed by atoms with Crippen molar-refractivity contribution in [2.75, 3.05) is 26.2 Å². The fourth-order valence-electron chi connectivity index (χ4n) is 4.16. The van der Waals surface area contributed by atoms with Crippen LogP contribution in [0.25, 0.3) is 0 Å². The molecule has 8 nitrogen and oxygen atoms in total. The Hall–Kier alpha value is -3.00. The molecule has 2 aromatic heterocycles. The lowest BCUT2D eigenvalue weighted by molar-refractivity contribution is 0.0922. The first-order chi connectivity index (χ1) is 16.3. The van der Waals surface area contributed by atoms with E-state index in [0.717, 1.165) is 31.5 Å². The summed E-state index contributed by atoms with van der Waals surface area (Å²) in [7, 11) is 0. The molecule has 0 radical (unpaired) electrons. The number of rotatable bonds is 9. The molecule has 2 amide bonds. The van der Waals surface area contributed by atoms with Crippen LogP contribution < -0.4 is 16.1 Å². The van der Waals surface area contributed by atoms with Gasteiger partial charge in [-0.3, -0.25) is 24.3 Å². The summed E-state index contributed by atoms with van der Waals surface area (Å²) < 4.78 is 1.74. The lowest BCUT2D eigenvalue weighted by Crippen LogP contribution is -2.42. The van der Waals surface area contributed by atoms with Crippen molar-refractivity contribution in [3.05, 3.63) is 63.8 Å². The van der Waals surface area contributed by atoms with Crippen LogP contribution in [0.3, 0.4) is 0 Å². The highest BCUT2D eigenvalue weighted by Crippen LogP contribution is 2.23. The van der Waals surface area contributed by atoms with Crippen molar-refractivity contribution in [2.24, 2.45) is 5.92 Å². The van der Waals surface area contributed by atoms with Gasteiger partial charge in [0.1, 0.15) is 11.1 Å². The van der Waals surface area contributed by atoms with E-state index in [9.17, 15) is 14.4 Å². The van der Waals surface area contributed by atoms with E-state index < -0.39 is 17.2 Å². The number of amides is 2. The lowest BCUT2D eigenvalue weighted by Gasteiger charge is -2.34. The van der Waals surface area contributed by atoms with Crippen molar-refractivity contribution in [3.8, 4) is 0 Å². The Kier molecular flexibility index (Phi) is 8.98. The van der Waals surface area contributed by atoms with E-state index in [1.165, 1.54) is 12.6 Å². The Morgan fingerprint density at radius 3 is 2.12 bits per heavy atom. The summed E-state index contributed by atoms with van der Waals surface area (Å²) in [5, 5.41) is 5.75. The fraction of sp³-hybridized carbons (Fsp3) is 0.538. The van der Waals surface area contributed by atoms with Crippen LogP contribution in [-0.2, 0) is 0 Å². The monoisotopic (exact) mass is 467 g/mol. The van der Waals surface area contributed by atoms with E-state index in [4.69, 9.17) is 0 Å². The fourth-order valence-corrected chi connectivity index (χ4v) is 4.16. The molecule has 0 aliphatic carbocycles. The van der Waals surface area contributed by atoms with Crippen molar-refractivity contribution in [1.82, 2.24) is 25.1 Å². The van der Waals surface area contributed by atoms with Gasteiger partial charge in [-0.05, 0) is 57.3 Å². The largest absolute Gasteiger partial charge is 0.352 e. The van der Waals surface area contributed by atoms with E-state index in [-0.39, 0.29) is 29.1 Å². The zero-order valence-electron chi connectivity index (χ0n) is 20.7. The minimum absolute atomic E-state index is 0.0122. The number of carbonyl (C=O) groups is 2. The zero-order valence-corrected chi connectivity index (χ0v) is 20.7. The van der Waals surface area contributed by atoms with Crippen LogP contribution in [0.4, 0.5) is 0 Å². The topological polar surface area (TPSA) is 96.3 Å². The number of hydrogen-bond donors (Lipinski definition) is 2. The Morgan fingerprint density at radius 1 is 0.971 bits per heavy atom. The molecule has 8 heteroatoms. The van der Waals surface area contributed by atoms with Crippen LogP contribution in [-0.4, -0.2) is 52.4 Å². The maximum Gasteiger partial charge on any atom is 0.256 e. The summed E-state index contributed by atoms with van der Waals surface area (Å²) in [5.74, 6) is -0.671. The van der Waals surface area contributed by atoms with Crippen LogP contribution >= 0.6 is 0 Å². The highest BCUT2D eigenvalue weighted by Gasteiger charge is 2.25. The molecule has 3 heterocycles. The highest BCUT2D eigenvalue weighted by atomic mass is 16.2. The smallest absolute Gasteiger partial charge is 0.256 e. The quantitative estimate of drug-likeness (QED) is 0.591. The summed E-state index contributed by atoms with van der Waals surface area (Å²) in [5.41, 5.74) is 0.453. The molecule has 184 valence electrons. The average Bonchev–Trinajstić information content (AvgIpc) is 2.83. The molecule has 2 aromatic rings. The minimum atomic E-state index is -0.549. The summed E-state index contributed by atoms with van der Waals surface area (Å²) >= 11 is 0. The van der Waals surface area contributed by atoms with E-state index in [1.54, 1.807) is 17.0 Å². The molecule has 3 rings (SSSR count). The molecule has 0 aromatic carbocycles. The molecule has 1 aliphatic rings. The van der Waals surface area contributed by atoms with Crippen LogP contribution in [0, 0.1) is 5.92 Å². The third-order valence-electron chi connectivity index (χ3n) is 6.16. The second-order valence-corrected chi connectivity index (χ2v) is 9.67. The summed E-state index contributed by atoms with van der Waals surface area (Å²) in [6.45, 7) is 10.6. The van der Waals surface area contributed by atoms with Crippen LogP contribution in [0.1, 0.15) is 85.3 Å². The predicted molar refractivity (Wildman–Crippen MR) is 133 cm³/mol. The number of hydrogen-bond acceptors (Lipinski definition) is 5. The molecule has 1 atom stereocenters. The van der Waals surface area contributed by atoms with Crippen molar-refractivity contribution in [2.45, 2.75) is 59.0 Å². The van der Waals surface area contributed by atoms with Gasteiger partial charge in [0.05, 0.1) is 6.04 Å². The van der Waals surface area contributed by atoms with Crippen LogP contribution in [0.2, 0.25) is 0 Å². The first-order valence-electron chi connectivity index (χ1n) is 12.2. The molecule has 0 bridgehead atoms. The Morgan fingerprint density at radius 2 is 1.59 bits per heavy atom. The maximum absolute atomic E-state index is 13.2. The third-order valence-corrected chi connectivity index (χ3v) is 6.16. The second-order valence-electron chi connectivity index (χ2n) is 9.67. The van der Waals surface area contributed by atoms with Crippen molar-refractivity contribution >= 4 is 11.8 Å². The molecule has 1 unspecified atom stereocenters. The number of nitrogens with one attached hydrogen (secondary N) is 2. The molecule has 1 fully saturated rings. The number of nitrogens with zero attached hydrogens (tertiary/aromatic N) is 3. The Labute approximate surface area is 201 Å². The van der Waals surface area contributed by atoms with Gasteiger partial charge in [0.15, 0.2) is 0 Å². The molecular formula is C26H37N5O3. The van der Waals surface area contributed by atoms with Gasteiger partial charge in [-0.25, -0.2) is 0 Å². The normalized spacial score (nSPS) is 15.4. The number of carbonyl (C=O) groups excluding carboxylic acids is 2. The van der Waals surface area contributed by atoms with Gasteiger partial charge in [0, 0.05) is 43.9 Å². The van der Waals surface area contributed by atoms with Crippen molar-refractivity contribution in [3.63, 3.8) is 0 Å². The number of pyridine rings is 2. The highest BCUT2D eigenvalue weighted by molar-refractivity contribution is 5.99. The lowest BCUT2D eigenvalue weighted by atomic mass is 10.0. The van der Waals surface area contributed by atoms with E-state index >= 15 is 0 Å². The number of aromatic nitrogens is 2. The van der Waals surface area contributed by atoms with Crippen molar-refractivity contribution in [1.29, 1.82) is 0 Å². The molecule has 0 spiro atoms. The van der Waals surface area contributed by atoms with Gasteiger partial charge in [0.25, 0.3) is 11.8 Å². The van der Waals surface area contributed by atoms with E-state index in [2.05, 4.69) is 20.5 Å². The molecule has 0 saturated carbocycles. The van der Waals surface area contributed by atoms with Gasteiger partial charge in [-0.1, -0.05) is 26.3 Å². The first-order valence-corrected chi connectivity index (χ1v) is 12.2. The number of likely N-dealkylation sites (tertiary alicyclic amines) is 1. The SMILES string of the molecule is CC(C)CNC(=O)c1cn(C(C)C)cc(C(=O)NCC(c2cccnc2)N2CCCCC2)c1=O. The number of piperidine rings is 1. The second kappa shape index (κ2) is 11.9. The van der Waals surface area contributed by atoms with Crippen LogP contribution in [0.15, 0.2) is 41.7 Å². The Balaban J connectivity index is 1.84. The van der Waals surface area contributed by atoms with Crippen molar-refractivity contribution < 1.29 is 9.59 Å². The summed E-state index contributed by atoms with van der Waals surface area (Å²) in [6, 6.07) is 3.88. The maximum atomic E-state index is 13.2. The van der Waals surface area contributed by atoms with Gasteiger partial charge in [-0.2, -0.15) is 0 Å². The van der Waals surface area contributed by atoms with Crippen LogP contribution in [0.5, 0.6) is 0 Å². The molecule has 34 heavy (non-hydrogen) atoms. The van der Waals surface area contributed by atoms with Gasteiger partial charge >= 0.3 is 0 Å². The summed E-state index contributed by atoms with van der Waals surface area (Å²) in [4.78, 5) is 45.7. The first kappa shape index (κ1) is 25.6. The third kappa shape index (κ3) is 6.53. The van der Waals surface area contributed by atoms with Gasteiger partial charge < -0.3 is 15.2 Å². The summed E-state index contributed by atoms with van der Waals surface area (Å²) in [6.07, 6.45) is 10.1. The standard InChI is InChI=1S/C26H37N5O3/c1-18(2)13-28-25(33)21-16-31(19(3)4)17-22(24(21)32)26(34)29-15-23(20-9-8-10-27-14-20)30-11-6-5-7-12-30/h8-10,14,16-19,23H,5-7,11-13,15H2,1-4H3,(H,28,33)(H,29,34). The molecular weight excluding hydrogens is 430 g/mol. The molecule has 1 saturated heterocycles. The zero-order chi connectivity index (χ0) is 24.7. The molecule has 1 aliphatic heterocycles. The predicted octanol–water partition coefficient (Wildman–Crippen LogP) is 3.17. The molecule has 2 N–H and O–H groups in total. The average molecular weight is 468 g/mol. The van der Waals surface area contributed by atoms with E-state index in [0.29, 0.717) is 13.1 Å². The van der Waals surface area contributed by atoms with E-state index in [1.807, 2.05) is 46.0 Å². The van der Waals surface area contributed by atoms with Gasteiger partial charge in [-0.15, -0.1) is 0 Å².